The summed E-state index contributed by atoms with van der Waals surface area (Å²) < 4.78 is 6.44. The van der Waals surface area contributed by atoms with Crippen LogP contribution in [0.15, 0.2) is 39.4 Å². The van der Waals surface area contributed by atoms with Crippen molar-refractivity contribution in [1.29, 1.82) is 0 Å². The standard InChI is InChI=1S/C15H17BrClNO/c1-3-9-18-15(13-7-8-14(16)19-13)11-5-4-6-12(17)10(11)2/h4-8,15,18H,3,9H2,1-2H3. The highest BCUT2D eigenvalue weighted by Gasteiger charge is 2.19. The molecule has 0 bridgehead atoms. The Balaban J connectivity index is 2.39. The fourth-order valence-corrected chi connectivity index (χ4v) is 2.57. The first-order chi connectivity index (χ1) is 9.13. The second kappa shape index (κ2) is 6.60. The highest BCUT2D eigenvalue weighted by atomic mass is 79.9. The van der Waals surface area contributed by atoms with Crippen LogP contribution in [-0.4, -0.2) is 6.54 Å². The first kappa shape index (κ1) is 14.6. The minimum absolute atomic E-state index is 0.0324. The minimum atomic E-state index is 0.0324. The van der Waals surface area contributed by atoms with E-state index in [1.807, 2.05) is 31.2 Å². The van der Waals surface area contributed by atoms with Crippen LogP contribution in [0.4, 0.5) is 0 Å². The molecule has 2 rings (SSSR count). The molecular formula is C15H17BrClNO. The Labute approximate surface area is 127 Å². The quantitative estimate of drug-likeness (QED) is 0.818. The van der Waals surface area contributed by atoms with Crippen LogP contribution in [0.3, 0.4) is 0 Å². The van der Waals surface area contributed by atoms with E-state index in [1.54, 1.807) is 0 Å². The lowest BCUT2D eigenvalue weighted by Gasteiger charge is -2.19. The second-order valence-corrected chi connectivity index (χ2v) is 5.67. The molecule has 0 aliphatic heterocycles. The third-order valence-electron chi connectivity index (χ3n) is 3.10. The van der Waals surface area contributed by atoms with E-state index in [0.29, 0.717) is 0 Å². The van der Waals surface area contributed by atoms with Crippen LogP contribution in [0.5, 0.6) is 0 Å². The largest absolute Gasteiger partial charge is 0.452 e. The number of halogens is 2. The first-order valence-corrected chi connectivity index (χ1v) is 7.54. The van der Waals surface area contributed by atoms with E-state index >= 15 is 0 Å². The predicted octanol–water partition coefficient (Wildman–Crippen LogP) is 5.09. The zero-order valence-electron chi connectivity index (χ0n) is 11.0. The van der Waals surface area contributed by atoms with Gasteiger partial charge in [0.05, 0.1) is 6.04 Å². The molecular weight excluding hydrogens is 326 g/mol. The lowest BCUT2D eigenvalue weighted by molar-refractivity contribution is 0.432. The van der Waals surface area contributed by atoms with Crippen molar-refractivity contribution in [2.24, 2.45) is 0 Å². The summed E-state index contributed by atoms with van der Waals surface area (Å²) in [7, 11) is 0. The number of hydrogen-bond donors (Lipinski definition) is 1. The minimum Gasteiger partial charge on any atom is -0.452 e. The van der Waals surface area contributed by atoms with Gasteiger partial charge in [0.2, 0.25) is 0 Å². The monoisotopic (exact) mass is 341 g/mol. The van der Waals surface area contributed by atoms with E-state index in [-0.39, 0.29) is 6.04 Å². The van der Waals surface area contributed by atoms with Gasteiger partial charge in [-0.3, -0.25) is 0 Å². The molecule has 19 heavy (non-hydrogen) atoms. The van der Waals surface area contributed by atoms with Gasteiger partial charge < -0.3 is 9.73 Å². The van der Waals surface area contributed by atoms with Crippen LogP contribution in [0.25, 0.3) is 0 Å². The Kier molecular flexibility index (Phi) is 5.08. The summed E-state index contributed by atoms with van der Waals surface area (Å²) in [6.07, 6.45) is 1.07. The van der Waals surface area contributed by atoms with Gasteiger partial charge >= 0.3 is 0 Å². The molecule has 0 saturated heterocycles. The molecule has 2 nitrogen and oxygen atoms in total. The summed E-state index contributed by atoms with van der Waals surface area (Å²) in [5, 5.41) is 4.29. The highest BCUT2D eigenvalue weighted by molar-refractivity contribution is 9.10. The summed E-state index contributed by atoms with van der Waals surface area (Å²) >= 11 is 9.57. The fourth-order valence-electron chi connectivity index (χ4n) is 2.07. The van der Waals surface area contributed by atoms with Crippen molar-refractivity contribution in [2.75, 3.05) is 6.54 Å². The van der Waals surface area contributed by atoms with E-state index in [2.05, 4.69) is 34.2 Å². The van der Waals surface area contributed by atoms with Crippen LogP contribution in [0.2, 0.25) is 5.02 Å². The van der Waals surface area contributed by atoms with E-state index in [9.17, 15) is 0 Å². The average molecular weight is 343 g/mol. The Morgan fingerprint density at radius 3 is 2.74 bits per heavy atom. The van der Waals surface area contributed by atoms with Crippen LogP contribution in [0, 0.1) is 6.92 Å². The molecule has 4 heteroatoms. The fraction of sp³-hybridized carbons (Fsp3) is 0.333. The average Bonchev–Trinajstić information content (AvgIpc) is 2.81. The van der Waals surface area contributed by atoms with Crippen LogP contribution >= 0.6 is 27.5 Å². The van der Waals surface area contributed by atoms with Gasteiger partial charge in [0.15, 0.2) is 4.67 Å². The molecule has 0 spiro atoms. The number of furan rings is 1. The van der Waals surface area contributed by atoms with E-state index in [0.717, 1.165) is 39.5 Å². The summed E-state index contributed by atoms with van der Waals surface area (Å²) in [5.41, 5.74) is 2.24. The summed E-state index contributed by atoms with van der Waals surface area (Å²) in [6.45, 7) is 5.11. The Morgan fingerprint density at radius 1 is 1.32 bits per heavy atom. The zero-order chi connectivity index (χ0) is 13.8. The summed E-state index contributed by atoms with van der Waals surface area (Å²) in [4.78, 5) is 0. The van der Waals surface area contributed by atoms with Gasteiger partial charge in [-0.15, -0.1) is 0 Å². The highest BCUT2D eigenvalue weighted by Crippen LogP contribution is 2.30. The van der Waals surface area contributed by atoms with Gasteiger partial charge in [0.1, 0.15) is 5.76 Å². The molecule has 0 radical (unpaired) electrons. The molecule has 0 fully saturated rings. The van der Waals surface area contributed by atoms with E-state index < -0.39 is 0 Å². The predicted molar refractivity (Wildman–Crippen MR) is 82.7 cm³/mol. The molecule has 0 aliphatic carbocycles. The van der Waals surface area contributed by atoms with Gasteiger partial charge in [-0.25, -0.2) is 0 Å². The number of benzene rings is 1. The van der Waals surface area contributed by atoms with Gasteiger partial charge in [-0.05, 0) is 65.1 Å². The molecule has 1 heterocycles. The van der Waals surface area contributed by atoms with Crippen LogP contribution < -0.4 is 5.32 Å². The lowest BCUT2D eigenvalue weighted by Crippen LogP contribution is -2.23. The molecule has 1 atom stereocenters. The zero-order valence-corrected chi connectivity index (χ0v) is 13.4. The van der Waals surface area contributed by atoms with Crippen LogP contribution in [-0.2, 0) is 0 Å². The molecule has 0 amide bonds. The number of hydrogen-bond acceptors (Lipinski definition) is 2. The third-order valence-corrected chi connectivity index (χ3v) is 3.93. The molecule has 1 aromatic carbocycles. The normalized spacial score (nSPS) is 12.6. The van der Waals surface area contributed by atoms with Crippen molar-refractivity contribution in [1.82, 2.24) is 5.32 Å². The van der Waals surface area contributed by atoms with Gasteiger partial charge in [0.25, 0.3) is 0 Å². The second-order valence-electron chi connectivity index (χ2n) is 4.48. The molecule has 0 aliphatic rings. The number of nitrogens with one attached hydrogen (secondary N) is 1. The Morgan fingerprint density at radius 2 is 2.11 bits per heavy atom. The topological polar surface area (TPSA) is 25.2 Å². The molecule has 2 aromatic rings. The Hall–Kier alpha value is -0.770. The molecule has 1 N–H and O–H groups in total. The molecule has 102 valence electrons. The SMILES string of the molecule is CCCNC(c1ccc(Br)o1)c1cccc(Cl)c1C. The smallest absolute Gasteiger partial charge is 0.169 e. The van der Waals surface area contributed by atoms with Gasteiger partial charge in [-0.1, -0.05) is 30.7 Å². The maximum atomic E-state index is 6.22. The maximum Gasteiger partial charge on any atom is 0.169 e. The number of rotatable bonds is 5. The van der Waals surface area contributed by atoms with Crippen LogP contribution in [0.1, 0.15) is 36.3 Å². The van der Waals surface area contributed by atoms with E-state index in [4.69, 9.17) is 16.0 Å². The molecule has 1 aromatic heterocycles. The van der Waals surface area contributed by atoms with Crippen molar-refractivity contribution < 1.29 is 4.42 Å². The summed E-state index contributed by atoms with van der Waals surface area (Å²) in [6, 6.07) is 9.90. The van der Waals surface area contributed by atoms with Crippen molar-refractivity contribution in [3.8, 4) is 0 Å². The third kappa shape index (κ3) is 3.41. The van der Waals surface area contributed by atoms with Crippen molar-refractivity contribution in [3.63, 3.8) is 0 Å². The van der Waals surface area contributed by atoms with Gasteiger partial charge in [-0.2, -0.15) is 0 Å². The van der Waals surface area contributed by atoms with Crippen molar-refractivity contribution in [2.45, 2.75) is 26.3 Å². The first-order valence-electron chi connectivity index (χ1n) is 6.37. The van der Waals surface area contributed by atoms with Crippen molar-refractivity contribution >= 4 is 27.5 Å². The molecule has 0 saturated carbocycles. The lowest BCUT2D eigenvalue weighted by atomic mass is 9.99. The van der Waals surface area contributed by atoms with Gasteiger partial charge in [0, 0.05) is 5.02 Å². The maximum absolute atomic E-state index is 6.22. The van der Waals surface area contributed by atoms with Crippen molar-refractivity contribution in [3.05, 3.63) is 56.9 Å². The Bertz CT molecular complexity index is 553. The van der Waals surface area contributed by atoms with E-state index in [1.165, 1.54) is 0 Å². The summed E-state index contributed by atoms with van der Waals surface area (Å²) in [5.74, 6) is 0.894. The molecule has 1 unspecified atom stereocenters.